The number of carbonyl (C=O) groups excluding carboxylic acids is 1. The third-order valence-electron chi connectivity index (χ3n) is 5.65. The van der Waals surface area contributed by atoms with Crippen molar-refractivity contribution in [2.75, 3.05) is 13.1 Å². The van der Waals surface area contributed by atoms with Gasteiger partial charge >= 0.3 is 0 Å². The number of piperidine rings is 1. The SMILES string of the molecule is CC(C)n1cnc(C(=O)N2C[C@@H]3C(C4=NOC(C)(C(F)F)C4)[C@@H]3C2)c1. The van der Waals surface area contributed by atoms with E-state index in [2.05, 4.69) is 10.1 Å². The molecule has 6 nitrogen and oxygen atoms in total. The Kier molecular flexibility index (Phi) is 3.63. The molecule has 25 heavy (non-hydrogen) atoms. The summed E-state index contributed by atoms with van der Waals surface area (Å²) in [6.07, 6.45) is 1.07. The maximum absolute atomic E-state index is 13.0. The molecule has 0 N–H and O–H groups in total. The van der Waals surface area contributed by atoms with Crippen LogP contribution in [0.5, 0.6) is 0 Å². The summed E-state index contributed by atoms with van der Waals surface area (Å²) in [6, 6.07) is 0.259. The van der Waals surface area contributed by atoms with Crippen molar-refractivity contribution in [1.82, 2.24) is 14.5 Å². The van der Waals surface area contributed by atoms with E-state index >= 15 is 0 Å². The average molecular weight is 352 g/mol. The molecule has 1 aliphatic carbocycles. The van der Waals surface area contributed by atoms with Crippen LogP contribution in [0.25, 0.3) is 0 Å². The first-order chi connectivity index (χ1) is 11.8. The summed E-state index contributed by atoms with van der Waals surface area (Å²) in [7, 11) is 0. The summed E-state index contributed by atoms with van der Waals surface area (Å²) < 4.78 is 28.0. The monoisotopic (exact) mass is 352 g/mol. The molecule has 4 atom stereocenters. The van der Waals surface area contributed by atoms with Crippen molar-refractivity contribution < 1.29 is 18.4 Å². The van der Waals surface area contributed by atoms with E-state index < -0.39 is 12.0 Å². The molecule has 4 rings (SSSR count). The number of imidazole rings is 1. The zero-order valence-corrected chi connectivity index (χ0v) is 14.5. The Morgan fingerprint density at radius 1 is 1.36 bits per heavy atom. The zero-order chi connectivity index (χ0) is 17.9. The Bertz CT molecular complexity index is 720. The van der Waals surface area contributed by atoms with Crippen molar-refractivity contribution >= 4 is 11.6 Å². The summed E-state index contributed by atoms with van der Waals surface area (Å²) in [5, 5.41) is 3.92. The van der Waals surface area contributed by atoms with Gasteiger partial charge in [-0.15, -0.1) is 0 Å². The third-order valence-corrected chi connectivity index (χ3v) is 5.65. The summed E-state index contributed by atoms with van der Waals surface area (Å²) in [6.45, 7) is 6.72. The van der Waals surface area contributed by atoms with Gasteiger partial charge in [0.15, 0.2) is 5.60 Å². The summed E-state index contributed by atoms with van der Waals surface area (Å²) in [4.78, 5) is 23.6. The Balaban J connectivity index is 1.36. The number of alkyl halides is 2. The van der Waals surface area contributed by atoms with Crippen LogP contribution in [0.1, 0.15) is 43.7 Å². The molecule has 0 radical (unpaired) electrons. The predicted molar refractivity (Wildman–Crippen MR) is 86.5 cm³/mol. The van der Waals surface area contributed by atoms with Gasteiger partial charge in [0.1, 0.15) is 5.69 Å². The molecule has 0 aromatic carbocycles. The van der Waals surface area contributed by atoms with Gasteiger partial charge < -0.3 is 14.3 Å². The van der Waals surface area contributed by atoms with E-state index in [1.807, 2.05) is 23.3 Å². The molecule has 8 heteroatoms. The molecule has 3 heterocycles. The van der Waals surface area contributed by atoms with Crippen molar-refractivity contribution in [1.29, 1.82) is 0 Å². The van der Waals surface area contributed by atoms with Crippen molar-refractivity contribution in [3.8, 4) is 0 Å². The van der Waals surface area contributed by atoms with Gasteiger partial charge in [-0.3, -0.25) is 4.79 Å². The molecular formula is C17H22F2N4O2. The van der Waals surface area contributed by atoms with E-state index in [-0.39, 0.29) is 24.3 Å². The number of hydrogen-bond acceptors (Lipinski definition) is 4. The van der Waals surface area contributed by atoms with E-state index in [1.54, 1.807) is 12.5 Å². The summed E-state index contributed by atoms with van der Waals surface area (Å²) >= 11 is 0. The summed E-state index contributed by atoms with van der Waals surface area (Å²) in [5.74, 6) is 0.724. The van der Waals surface area contributed by atoms with E-state index in [0.29, 0.717) is 30.6 Å². The molecule has 2 aliphatic heterocycles. The van der Waals surface area contributed by atoms with Gasteiger partial charge in [-0.05, 0) is 32.6 Å². The Morgan fingerprint density at radius 3 is 2.56 bits per heavy atom. The number of rotatable bonds is 4. The van der Waals surface area contributed by atoms with Crippen molar-refractivity contribution in [3.63, 3.8) is 0 Å². The largest absolute Gasteiger partial charge is 0.383 e. The van der Waals surface area contributed by atoms with E-state index in [1.165, 1.54) is 6.92 Å². The van der Waals surface area contributed by atoms with Crippen LogP contribution in [0.2, 0.25) is 0 Å². The molecule has 1 aromatic rings. The first kappa shape index (κ1) is 16.5. The van der Waals surface area contributed by atoms with Crippen molar-refractivity contribution in [2.24, 2.45) is 22.9 Å². The number of hydrogen-bond donors (Lipinski definition) is 0. The first-order valence-electron chi connectivity index (χ1n) is 8.66. The lowest BCUT2D eigenvalue weighted by Gasteiger charge is -2.20. The molecule has 3 aliphatic rings. The van der Waals surface area contributed by atoms with Gasteiger partial charge in [-0.25, -0.2) is 13.8 Å². The normalized spacial score (nSPS) is 33.6. The van der Waals surface area contributed by atoms with Crippen molar-refractivity contribution in [3.05, 3.63) is 18.2 Å². The Morgan fingerprint density at radius 2 is 2.04 bits per heavy atom. The highest BCUT2D eigenvalue weighted by Crippen LogP contribution is 2.55. The minimum absolute atomic E-state index is 0.0626. The number of fused-ring (bicyclic) bond motifs is 1. The van der Waals surface area contributed by atoms with Crippen LogP contribution in [0, 0.1) is 17.8 Å². The Labute approximate surface area is 144 Å². The molecule has 0 spiro atoms. The predicted octanol–water partition coefficient (Wildman–Crippen LogP) is 2.58. The Hall–Kier alpha value is -1.99. The van der Waals surface area contributed by atoms with Gasteiger partial charge in [-0.2, -0.15) is 0 Å². The minimum Gasteiger partial charge on any atom is -0.383 e. The lowest BCUT2D eigenvalue weighted by Crippen LogP contribution is -2.35. The van der Waals surface area contributed by atoms with Crippen LogP contribution < -0.4 is 0 Å². The van der Waals surface area contributed by atoms with E-state index in [0.717, 1.165) is 5.71 Å². The molecule has 2 fully saturated rings. The van der Waals surface area contributed by atoms with Crippen LogP contribution in [0.3, 0.4) is 0 Å². The standard InChI is InChI=1S/C17H22F2N4O2/c1-9(2)23-7-13(20-8-23)15(24)22-5-10-11(6-22)14(10)12-4-17(3,16(18)19)25-21-12/h7-11,14,16H,4-6H2,1-3H3/t10-,11+,14?,17?. The average Bonchev–Trinajstić information content (AvgIpc) is 3.05. The number of oxime groups is 1. The fraction of sp³-hybridized carbons (Fsp3) is 0.706. The maximum atomic E-state index is 13.0. The molecule has 1 amide bonds. The number of aromatic nitrogens is 2. The van der Waals surface area contributed by atoms with Gasteiger partial charge in [0.05, 0.1) is 12.0 Å². The lowest BCUT2D eigenvalue weighted by atomic mass is 9.96. The fourth-order valence-corrected chi connectivity index (χ4v) is 3.96. The second kappa shape index (κ2) is 5.51. The second-order valence-corrected chi connectivity index (χ2v) is 7.83. The first-order valence-corrected chi connectivity index (χ1v) is 8.66. The van der Waals surface area contributed by atoms with Gasteiger partial charge in [-0.1, -0.05) is 5.16 Å². The molecule has 1 saturated carbocycles. The fourth-order valence-electron chi connectivity index (χ4n) is 3.96. The van der Waals surface area contributed by atoms with Crippen LogP contribution in [0.15, 0.2) is 17.7 Å². The molecule has 136 valence electrons. The van der Waals surface area contributed by atoms with Crippen LogP contribution in [0.4, 0.5) is 8.78 Å². The number of likely N-dealkylation sites (tertiary alicyclic amines) is 1. The van der Waals surface area contributed by atoms with Gasteiger partial charge in [0, 0.05) is 37.7 Å². The molecule has 0 bridgehead atoms. The zero-order valence-electron chi connectivity index (χ0n) is 14.5. The second-order valence-electron chi connectivity index (χ2n) is 7.83. The number of nitrogens with zero attached hydrogens (tertiary/aromatic N) is 4. The topological polar surface area (TPSA) is 59.7 Å². The quantitative estimate of drug-likeness (QED) is 0.837. The maximum Gasteiger partial charge on any atom is 0.280 e. The number of carbonyl (C=O) groups is 1. The highest BCUT2D eigenvalue weighted by atomic mass is 19.3. The summed E-state index contributed by atoms with van der Waals surface area (Å²) in [5.41, 5.74) is -0.307. The van der Waals surface area contributed by atoms with Gasteiger partial charge in [0.2, 0.25) is 0 Å². The highest BCUT2D eigenvalue weighted by molar-refractivity contribution is 5.94. The van der Waals surface area contributed by atoms with E-state index in [9.17, 15) is 13.6 Å². The highest BCUT2D eigenvalue weighted by Gasteiger charge is 2.61. The molecule has 2 unspecified atom stereocenters. The van der Waals surface area contributed by atoms with Gasteiger partial charge in [0.25, 0.3) is 12.3 Å². The molecule has 1 saturated heterocycles. The van der Waals surface area contributed by atoms with E-state index in [4.69, 9.17) is 4.84 Å². The number of halogens is 2. The molecular weight excluding hydrogens is 330 g/mol. The molecule has 1 aromatic heterocycles. The number of amides is 1. The smallest absolute Gasteiger partial charge is 0.280 e. The van der Waals surface area contributed by atoms with Crippen molar-refractivity contribution in [2.45, 2.75) is 45.3 Å². The minimum atomic E-state index is -2.55. The van der Waals surface area contributed by atoms with Crippen LogP contribution >= 0.6 is 0 Å². The van der Waals surface area contributed by atoms with Crippen LogP contribution in [-0.4, -0.2) is 51.2 Å². The van der Waals surface area contributed by atoms with Crippen LogP contribution in [-0.2, 0) is 4.84 Å². The third kappa shape index (κ3) is 2.62. The lowest BCUT2D eigenvalue weighted by molar-refractivity contribution is -0.111.